The predicted octanol–water partition coefficient (Wildman–Crippen LogP) is 10.8. The van der Waals surface area contributed by atoms with Gasteiger partial charge in [-0.3, -0.25) is 0 Å². The van der Waals surface area contributed by atoms with Crippen LogP contribution >= 0.6 is 11.8 Å². The molecule has 0 unspecified atom stereocenters. The second-order valence-electron chi connectivity index (χ2n) is 11.0. The van der Waals surface area contributed by atoms with Gasteiger partial charge in [0.15, 0.2) is 4.93 Å². The molecule has 0 N–H and O–H groups in total. The minimum atomic E-state index is -0.748. The molecule has 0 aliphatic heterocycles. The maximum Gasteiger partial charge on any atom is 0.340 e. The van der Waals surface area contributed by atoms with Crippen LogP contribution in [0.1, 0.15) is 125 Å². The third kappa shape index (κ3) is 11.4. The van der Waals surface area contributed by atoms with E-state index in [2.05, 4.69) is 74.5 Å². The first-order chi connectivity index (χ1) is 19.2. The first-order valence-electron chi connectivity index (χ1n) is 15.6. The molecule has 2 nitrogen and oxygen atoms in total. The maximum absolute atomic E-state index is 13.3. The van der Waals surface area contributed by atoms with E-state index in [0.717, 1.165) is 18.6 Å². The van der Waals surface area contributed by atoms with E-state index >= 15 is 0 Å². The second-order valence-corrected chi connectivity index (χ2v) is 12.3. The smallest absolute Gasteiger partial charge is 0.340 e. The van der Waals surface area contributed by atoms with E-state index in [9.17, 15) is 4.79 Å². The van der Waals surface area contributed by atoms with Crippen LogP contribution < -0.4 is 0 Å². The minimum absolute atomic E-state index is 0.207. The van der Waals surface area contributed by atoms with Crippen LogP contribution in [0.4, 0.5) is 0 Å². The topological polar surface area (TPSA) is 26.3 Å². The maximum atomic E-state index is 13.3. The number of aryl methyl sites for hydroxylation is 1. The van der Waals surface area contributed by atoms with Crippen LogP contribution in [0, 0.1) is 0 Å². The Morgan fingerprint density at radius 1 is 0.718 bits per heavy atom. The number of benzene rings is 2. The van der Waals surface area contributed by atoms with Crippen molar-refractivity contribution in [3.8, 4) is 0 Å². The van der Waals surface area contributed by atoms with Crippen LogP contribution in [0.3, 0.4) is 0 Å². The van der Waals surface area contributed by atoms with Gasteiger partial charge in [-0.15, -0.1) is 11.8 Å². The molecule has 0 radical (unpaired) electrons. The summed E-state index contributed by atoms with van der Waals surface area (Å²) in [6.07, 6.45) is 26.4. The van der Waals surface area contributed by atoms with Gasteiger partial charge in [-0.1, -0.05) is 139 Å². The predicted molar refractivity (Wildman–Crippen MR) is 170 cm³/mol. The largest absolute Gasteiger partial charge is 0.437 e. The zero-order chi connectivity index (χ0) is 27.6. The van der Waals surface area contributed by atoms with Crippen LogP contribution in [0.2, 0.25) is 0 Å². The van der Waals surface area contributed by atoms with Crippen molar-refractivity contribution in [2.75, 3.05) is 5.75 Å². The molecule has 0 fully saturated rings. The Hall–Kier alpha value is -2.26. The monoisotopic (exact) mass is 546 g/mol. The second kappa shape index (κ2) is 18.2. The van der Waals surface area contributed by atoms with Crippen molar-refractivity contribution in [2.45, 2.75) is 115 Å². The van der Waals surface area contributed by atoms with Gasteiger partial charge in [-0.2, -0.15) is 0 Å². The van der Waals surface area contributed by atoms with Gasteiger partial charge in [0, 0.05) is 5.92 Å². The Morgan fingerprint density at radius 3 is 1.90 bits per heavy atom. The highest BCUT2D eigenvalue weighted by Crippen LogP contribution is 2.38. The molecule has 0 aromatic heterocycles. The van der Waals surface area contributed by atoms with E-state index in [1.165, 1.54) is 88.2 Å². The Labute approximate surface area is 242 Å². The first kappa shape index (κ1) is 31.3. The van der Waals surface area contributed by atoms with Crippen molar-refractivity contribution in [1.82, 2.24) is 0 Å². The summed E-state index contributed by atoms with van der Waals surface area (Å²) in [5.41, 5.74) is 3.18. The SMILES string of the molecule is CCCCCCCCCc1ccc(C(=O)OC2(SCCCCCCCC)C=CC(c3ccccc3)C=C2)cc1. The number of hydrogen-bond acceptors (Lipinski definition) is 3. The molecule has 0 saturated carbocycles. The molecule has 3 rings (SSSR count). The Balaban J connectivity index is 1.55. The first-order valence-corrected chi connectivity index (χ1v) is 16.5. The van der Waals surface area contributed by atoms with Crippen molar-refractivity contribution >= 4 is 17.7 Å². The standard InChI is InChI=1S/C36H50O2S/c1-3-5-7-9-11-12-15-19-31-22-24-34(25-23-31)35(37)38-36(39-30-18-13-10-8-6-4-2)28-26-33(27-29-36)32-20-16-14-17-21-32/h14,16-17,20-29,33H,3-13,15,18-19,30H2,1-2H3. The van der Waals surface area contributed by atoms with E-state index in [4.69, 9.17) is 4.74 Å². The van der Waals surface area contributed by atoms with Crippen LogP contribution in [0.25, 0.3) is 0 Å². The van der Waals surface area contributed by atoms with E-state index in [0.29, 0.717) is 5.56 Å². The average Bonchev–Trinajstić information content (AvgIpc) is 2.97. The number of esters is 1. The molecular weight excluding hydrogens is 496 g/mol. The summed E-state index contributed by atoms with van der Waals surface area (Å²) in [7, 11) is 0. The Bertz CT molecular complexity index is 978. The third-order valence-corrected chi connectivity index (χ3v) is 8.89. The summed E-state index contributed by atoms with van der Waals surface area (Å²) in [5.74, 6) is 0.931. The highest BCUT2D eigenvalue weighted by molar-refractivity contribution is 8.00. The van der Waals surface area contributed by atoms with Crippen LogP contribution in [0.15, 0.2) is 78.9 Å². The van der Waals surface area contributed by atoms with Gasteiger partial charge in [-0.05, 0) is 60.4 Å². The van der Waals surface area contributed by atoms with Gasteiger partial charge < -0.3 is 4.74 Å². The Kier molecular flexibility index (Phi) is 14.6. The molecule has 0 spiro atoms. The molecule has 2 aromatic rings. The number of carbonyl (C=O) groups is 1. The summed E-state index contributed by atoms with van der Waals surface area (Å²) in [6, 6.07) is 18.6. The quantitative estimate of drug-likeness (QED) is 0.0758. The van der Waals surface area contributed by atoms with Gasteiger partial charge in [0.25, 0.3) is 0 Å². The van der Waals surface area contributed by atoms with Crippen LogP contribution in [0.5, 0.6) is 0 Å². The molecular formula is C36H50O2S. The normalized spacial score (nSPS) is 18.4. The summed E-state index contributed by atoms with van der Waals surface area (Å²) < 4.78 is 6.23. The fourth-order valence-corrected chi connectivity index (χ4v) is 6.25. The number of rotatable bonds is 19. The highest BCUT2D eigenvalue weighted by atomic mass is 32.2. The van der Waals surface area contributed by atoms with Crippen molar-refractivity contribution in [3.05, 3.63) is 95.6 Å². The lowest BCUT2D eigenvalue weighted by atomic mass is 9.94. The molecule has 0 atom stereocenters. The Morgan fingerprint density at radius 2 is 1.28 bits per heavy atom. The molecule has 1 aliphatic rings. The molecule has 0 saturated heterocycles. The lowest BCUT2D eigenvalue weighted by Crippen LogP contribution is -2.29. The van der Waals surface area contributed by atoms with Crippen LogP contribution in [-0.2, 0) is 11.2 Å². The van der Waals surface area contributed by atoms with Crippen molar-refractivity contribution < 1.29 is 9.53 Å². The number of ether oxygens (including phenoxy) is 1. The number of hydrogen-bond donors (Lipinski definition) is 0. The molecule has 0 amide bonds. The zero-order valence-corrected chi connectivity index (χ0v) is 25.2. The summed E-state index contributed by atoms with van der Waals surface area (Å²) >= 11 is 1.74. The molecule has 0 bridgehead atoms. The van der Waals surface area contributed by atoms with E-state index < -0.39 is 4.93 Å². The van der Waals surface area contributed by atoms with Crippen molar-refractivity contribution in [3.63, 3.8) is 0 Å². The summed E-state index contributed by atoms with van der Waals surface area (Å²) in [4.78, 5) is 12.5. The lowest BCUT2D eigenvalue weighted by Gasteiger charge is -2.30. The van der Waals surface area contributed by atoms with E-state index in [-0.39, 0.29) is 11.9 Å². The van der Waals surface area contributed by atoms with Gasteiger partial charge in [0.05, 0.1) is 5.56 Å². The van der Waals surface area contributed by atoms with Gasteiger partial charge >= 0.3 is 5.97 Å². The van der Waals surface area contributed by atoms with E-state index in [1.54, 1.807) is 11.8 Å². The van der Waals surface area contributed by atoms with Gasteiger partial charge in [-0.25, -0.2) is 4.79 Å². The molecule has 39 heavy (non-hydrogen) atoms. The van der Waals surface area contributed by atoms with E-state index in [1.807, 2.05) is 18.2 Å². The minimum Gasteiger partial charge on any atom is -0.437 e. The fourth-order valence-electron chi connectivity index (χ4n) is 5.10. The number of unbranched alkanes of at least 4 members (excludes halogenated alkanes) is 11. The summed E-state index contributed by atoms with van der Waals surface area (Å²) in [5, 5.41) is 0. The highest BCUT2D eigenvalue weighted by Gasteiger charge is 2.32. The van der Waals surface area contributed by atoms with Crippen LogP contribution in [-0.4, -0.2) is 16.7 Å². The molecule has 3 heteroatoms. The summed E-state index contributed by atoms with van der Waals surface area (Å²) in [6.45, 7) is 4.51. The molecule has 212 valence electrons. The number of carbonyl (C=O) groups excluding carboxylic acids is 1. The molecule has 1 aliphatic carbocycles. The van der Waals surface area contributed by atoms with Gasteiger partial charge in [0.1, 0.15) is 0 Å². The average molecular weight is 547 g/mol. The molecule has 2 aromatic carbocycles. The van der Waals surface area contributed by atoms with Crippen molar-refractivity contribution in [2.24, 2.45) is 0 Å². The molecule has 0 heterocycles. The number of thioether (sulfide) groups is 1. The fraction of sp³-hybridized carbons (Fsp3) is 0.528. The van der Waals surface area contributed by atoms with Gasteiger partial charge in [0.2, 0.25) is 0 Å². The lowest BCUT2D eigenvalue weighted by molar-refractivity contribution is 0.0406. The number of allylic oxidation sites excluding steroid dienone is 2. The zero-order valence-electron chi connectivity index (χ0n) is 24.4. The third-order valence-electron chi connectivity index (χ3n) is 7.59. The van der Waals surface area contributed by atoms with Crippen molar-refractivity contribution in [1.29, 1.82) is 0 Å².